The van der Waals surface area contributed by atoms with Crippen molar-refractivity contribution in [1.29, 1.82) is 0 Å². The number of fused-ring (bicyclic) bond motifs is 1. The van der Waals surface area contributed by atoms with Gasteiger partial charge in [-0.15, -0.1) is 11.3 Å². The number of imidazole rings is 1. The van der Waals surface area contributed by atoms with Crippen molar-refractivity contribution < 1.29 is 4.79 Å². The van der Waals surface area contributed by atoms with Crippen molar-refractivity contribution >= 4 is 33.4 Å². The third kappa shape index (κ3) is 3.89. The lowest BCUT2D eigenvalue weighted by Crippen LogP contribution is -2.40. The summed E-state index contributed by atoms with van der Waals surface area (Å²) in [5, 5.41) is 5.41. The second-order valence-electron chi connectivity index (χ2n) is 7.38. The number of hydrogen-bond donors (Lipinski definition) is 1. The molecule has 1 unspecified atom stereocenters. The fourth-order valence-corrected chi connectivity index (χ4v) is 4.50. The van der Waals surface area contributed by atoms with Gasteiger partial charge in [0.1, 0.15) is 5.82 Å². The van der Waals surface area contributed by atoms with Gasteiger partial charge < -0.3 is 9.88 Å². The molecule has 1 N–H and O–H groups in total. The molecule has 1 atom stereocenters. The van der Waals surface area contributed by atoms with E-state index >= 15 is 0 Å². The van der Waals surface area contributed by atoms with E-state index in [1.54, 1.807) is 6.20 Å². The Morgan fingerprint density at radius 2 is 2.22 bits per heavy atom. The molecule has 1 saturated heterocycles. The van der Waals surface area contributed by atoms with Gasteiger partial charge in [-0.25, -0.2) is 9.97 Å². The van der Waals surface area contributed by atoms with Crippen molar-refractivity contribution in [3.63, 3.8) is 0 Å². The number of hydrogen-bond acceptors (Lipinski definition) is 5. The Bertz CT molecular complexity index is 918. The van der Waals surface area contributed by atoms with E-state index in [4.69, 9.17) is 4.98 Å². The van der Waals surface area contributed by atoms with Crippen molar-refractivity contribution in [3.05, 3.63) is 41.7 Å². The molecule has 4 rings (SSSR count). The van der Waals surface area contributed by atoms with Crippen LogP contribution in [0.5, 0.6) is 0 Å². The molecule has 1 aromatic carbocycles. The standard InChI is InChI=1S/C20H25N5OS/c1-14(2)25-17-8-4-3-7-16(17)22-19(25)15-6-5-10-24(12-15)13-18(26)23-20-21-9-11-27-20/h3-4,7-9,11,14-15H,5-6,10,12-13H2,1-2H3,(H,21,23,26). The van der Waals surface area contributed by atoms with Gasteiger partial charge in [0.2, 0.25) is 5.91 Å². The lowest BCUT2D eigenvalue weighted by molar-refractivity contribution is -0.117. The van der Waals surface area contributed by atoms with E-state index in [1.807, 2.05) is 11.4 Å². The molecule has 7 heteroatoms. The maximum atomic E-state index is 12.3. The summed E-state index contributed by atoms with van der Waals surface area (Å²) in [5.41, 5.74) is 2.25. The van der Waals surface area contributed by atoms with Crippen LogP contribution in [0.4, 0.5) is 5.13 Å². The number of anilines is 1. The fraction of sp³-hybridized carbons (Fsp3) is 0.450. The number of rotatable bonds is 5. The van der Waals surface area contributed by atoms with E-state index in [0.717, 1.165) is 37.3 Å². The van der Waals surface area contributed by atoms with E-state index in [-0.39, 0.29) is 5.91 Å². The van der Waals surface area contributed by atoms with Crippen LogP contribution >= 0.6 is 11.3 Å². The zero-order chi connectivity index (χ0) is 18.8. The summed E-state index contributed by atoms with van der Waals surface area (Å²) >= 11 is 1.44. The van der Waals surface area contributed by atoms with Crippen LogP contribution < -0.4 is 5.32 Å². The SMILES string of the molecule is CC(C)n1c(C2CCCN(CC(=O)Nc3nccs3)C2)nc2ccccc21. The van der Waals surface area contributed by atoms with Crippen LogP contribution in [0.2, 0.25) is 0 Å². The maximum absolute atomic E-state index is 12.3. The summed E-state index contributed by atoms with van der Waals surface area (Å²) in [6.07, 6.45) is 3.89. The predicted octanol–water partition coefficient (Wildman–Crippen LogP) is 3.89. The number of amides is 1. The van der Waals surface area contributed by atoms with Crippen molar-refractivity contribution in [2.75, 3.05) is 25.0 Å². The van der Waals surface area contributed by atoms with Gasteiger partial charge in [-0.2, -0.15) is 0 Å². The first kappa shape index (κ1) is 18.1. The molecule has 142 valence electrons. The zero-order valence-electron chi connectivity index (χ0n) is 15.8. The number of thiazole rings is 1. The molecular formula is C20H25N5OS. The summed E-state index contributed by atoms with van der Waals surface area (Å²) in [7, 11) is 0. The number of aromatic nitrogens is 3. The highest BCUT2D eigenvalue weighted by Gasteiger charge is 2.28. The molecule has 1 fully saturated rings. The third-order valence-corrected chi connectivity index (χ3v) is 5.74. The minimum atomic E-state index is 0.00274. The molecule has 1 aliphatic heterocycles. The first-order valence-electron chi connectivity index (χ1n) is 9.50. The Kier molecular flexibility index (Phi) is 5.22. The van der Waals surface area contributed by atoms with E-state index in [2.05, 4.69) is 51.8 Å². The van der Waals surface area contributed by atoms with Gasteiger partial charge in [0, 0.05) is 30.1 Å². The molecule has 6 nitrogen and oxygen atoms in total. The average Bonchev–Trinajstić information content (AvgIpc) is 3.29. The van der Waals surface area contributed by atoms with Gasteiger partial charge in [-0.1, -0.05) is 12.1 Å². The number of likely N-dealkylation sites (tertiary alicyclic amines) is 1. The van der Waals surface area contributed by atoms with E-state index in [1.165, 1.54) is 16.9 Å². The molecule has 0 spiro atoms. The fourth-order valence-electron chi connectivity index (χ4n) is 3.95. The summed E-state index contributed by atoms with van der Waals surface area (Å²) < 4.78 is 2.36. The summed E-state index contributed by atoms with van der Waals surface area (Å²) in [5.74, 6) is 1.50. The highest BCUT2D eigenvalue weighted by molar-refractivity contribution is 7.13. The van der Waals surface area contributed by atoms with E-state index < -0.39 is 0 Å². The number of carbonyl (C=O) groups excluding carboxylic acids is 1. The van der Waals surface area contributed by atoms with Gasteiger partial charge in [0.05, 0.1) is 17.6 Å². The van der Waals surface area contributed by atoms with Gasteiger partial charge in [-0.05, 0) is 45.4 Å². The molecule has 0 bridgehead atoms. The van der Waals surface area contributed by atoms with E-state index in [0.29, 0.717) is 23.6 Å². The van der Waals surface area contributed by atoms with Crippen LogP contribution in [0.15, 0.2) is 35.8 Å². The number of nitrogens with one attached hydrogen (secondary N) is 1. The van der Waals surface area contributed by atoms with Crippen LogP contribution in [-0.2, 0) is 4.79 Å². The number of benzene rings is 1. The zero-order valence-corrected chi connectivity index (χ0v) is 16.6. The van der Waals surface area contributed by atoms with Gasteiger partial charge in [-0.3, -0.25) is 9.69 Å². The van der Waals surface area contributed by atoms with Crippen molar-refractivity contribution in [2.45, 2.75) is 38.6 Å². The highest BCUT2D eigenvalue weighted by atomic mass is 32.1. The second kappa shape index (κ2) is 7.78. The Morgan fingerprint density at radius 1 is 1.37 bits per heavy atom. The third-order valence-electron chi connectivity index (χ3n) is 5.06. The normalized spacial score (nSPS) is 18.3. The number of piperidine rings is 1. The van der Waals surface area contributed by atoms with E-state index in [9.17, 15) is 4.79 Å². The minimum Gasteiger partial charge on any atom is -0.325 e. The Hall–Kier alpha value is -2.25. The van der Waals surface area contributed by atoms with Crippen molar-refractivity contribution in [3.8, 4) is 0 Å². The highest BCUT2D eigenvalue weighted by Crippen LogP contribution is 2.31. The Labute approximate surface area is 163 Å². The predicted molar refractivity (Wildman–Crippen MR) is 109 cm³/mol. The maximum Gasteiger partial charge on any atom is 0.240 e. The van der Waals surface area contributed by atoms with Gasteiger partial charge >= 0.3 is 0 Å². The van der Waals surface area contributed by atoms with Crippen LogP contribution in [-0.4, -0.2) is 45.0 Å². The first-order valence-corrected chi connectivity index (χ1v) is 10.4. The Balaban J connectivity index is 1.50. The Morgan fingerprint density at radius 3 is 3.00 bits per heavy atom. The molecule has 3 heterocycles. The number of para-hydroxylation sites is 2. The van der Waals surface area contributed by atoms with Crippen LogP contribution in [0.3, 0.4) is 0 Å². The lowest BCUT2D eigenvalue weighted by atomic mass is 9.97. The molecule has 2 aromatic heterocycles. The molecule has 0 radical (unpaired) electrons. The molecular weight excluding hydrogens is 358 g/mol. The molecule has 1 amide bonds. The first-order chi connectivity index (χ1) is 13.1. The second-order valence-corrected chi connectivity index (χ2v) is 8.28. The minimum absolute atomic E-state index is 0.00274. The molecule has 0 saturated carbocycles. The number of carbonyl (C=O) groups is 1. The van der Waals surface area contributed by atoms with Crippen molar-refractivity contribution in [1.82, 2.24) is 19.4 Å². The average molecular weight is 384 g/mol. The van der Waals surface area contributed by atoms with Crippen LogP contribution in [0, 0.1) is 0 Å². The van der Waals surface area contributed by atoms with Gasteiger partial charge in [0.25, 0.3) is 0 Å². The van der Waals surface area contributed by atoms with Crippen LogP contribution in [0.25, 0.3) is 11.0 Å². The molecule has 3 aromatic rings. The quantitative estimate of drug-likeness (QED) is 0.726. The smallest absolute Gasteiger partial charge is 0.240 e. The lowest BCUT2D eigenvalue weighted by Gasteiger charge is -2.32. The summed E-state index contributed by atoms with van der Waals surface area (Å²) in [6, 6.07) is 8.70. The summed E-state index contributed by atoms with van der Waals surface area (Å²) in [4.78, 5) is 23.6. The molecule has 0 aliphatic carbocycles. The molecule has 1 aliphatic rings. The summed E-state index contributed by atoms with van der Waals surface area (Å²) in [6.45, 7) is 6.63. The monoisotopic (exact) mass is 383 g/mol. The van der Waals surface area contributed by atoms with Crippen molar-refractivity contribution in [2.24, 2.45) is 0 Å². The van der Waals surface area contributed by atoms with Crippen LogP contribution in [0.1, 0.15) is 44.5 Å². The van der Waals surface area contributed by atoms with Gasteiger partial charge in [0.15, 0.2) is 5.13 Å². The number of nitrogens with zero attached hydrogens (tertiary/aromatic N) is 4. The topological polar surface area (TPSA) is 63.1 Å². The largest absolute Gasteiger partial charge is 0.325 e. The molecule has 27 heavy (non-hydrogen) atoms.